The summed E-state index contributed by atoms with van der Waals surface area (Å²) in [5, 5.41) is 25.9. The molecule has 0 atom stereocenters. The van der Waals surface area contributed by atoms with Crippen LogP contribution in [0.2, 0.25) is 0 Å². The van der Waals surface area contributed by atoms with E-state index in [1.54, 1.807) is 42.5 Å². The Morgan fingerprint density at radius 3 is 2.50 bits per heavy atom. The fraction of sp³-hybridized carbons (Fsp3) is 0.0909. The maximum Gasteiger partial charge on any atom is 0.273 e. The summed E-state index contributed by atoms with van der Waals surface area (Å²) in [7, 11) is 0. The number of carbonyl (C=O) groups is 1. The van der Waals surface area contributed by atoms with E-state index in [1.807, 2.05) is 0 Å². The lowest BCUT2D eigenvalue weighted by molar-refractivity contribution is -0.385. The average molecular weight is 434 g/mol. The number of ether oxygens (including phenoxy) is 1. The highest BCUT2D eigenvalue weighted by Gasteiger charge is 2.15. The number of hydrogen-bond acceptors (Lipinski definition) is 7. The highest BCUT2D eigenvalue weighted by atomic mass is 16.6. The second-order valence-electron chi connectivity index (χ2n) is 6.61. The summed E-state index contributed by atoms with van der Waals surface area (Å²) in [5.74, 6) is -0.0405. The van der Waals surface area contributed by atoms with Gasteiger partial charge in [-0.1, -0.05) is 42.5 Å². The molecular formula is C22H18N4O6. The van der Waals surface area contributed by atoms with Crippen LogP contribution in [0.4, 0.5) is 11.4 Å². The number of nitro groups is 2. The molecule has 32 heavy (non-hydrogen) atoms. The number of carbonyl (C=O) groups excluding carboxylic acids is 1. The molecule has 162 valence electrons. The first-order valence-corrected chi connectivity index (χ1v) is 9.43. The molecule has 0 heterocycles. The van der Waals surface area contributed by atoms with E-state index in [0.717, 1.165) is 0 Å². The molecule has 0 unspecified atom stereocenters. The third-order valence-electron chi connectivity index (χ3n) is 4.37. The summed E-state index contributed by atoms with van der Waals surface area (Å²) in [4.78, 5) is 33.1. The molecule has 0 aromatic heterocycles. The topological polar surface area (TPSA) is 137 Å². The molecule has 3 aromatic carbocycles. The summed E-state index contributed by atoms with van der Waals surface area (Å²) in [6.45, 7) is 0.108. The second-order valence-corrected chi connectivity index (χ2v) is 6.61. The fourth-order valence-electron chi connectivity index (χ4n) is 2.86. The highest BCUT2D eigenvalue weighted by molar-refractivity contribution is 5.86. The summed E-state index contributed by atoms with van der Waals surface area (Å²) < 4.78 is 5.75. The summed E-state index contributed by atoms with van der Waals surface area (Å²) in [5.41, 5.74) is 3.67. The van der Waals surface area contributed by atoms with Gasteiger partial charge in [-0.25, -0.2) is 5.43 Å². The van der Waals surface area contributed by atoms with E-state index in [2.05, 4.69) is 10.5 Å². The van der Waals surface area contributed by atoms with Crippen LogP contribution >= 0.6 is 0 Å². The molecule has 0 aliphatic rings. The third kappa shape index (κ3) is 5.95. The van der Waals surface area contributed by atoms with Gasteiger partial charge in [0.2, 0.25) is 5.91 Å². The summed E-state index contributed by atoms with van der Waals surface area (Å²) >= 11 is 0. The van der Waals surface area contributed by atoms with Crippen molar-refractivity contribution in [3.63, 3.8) is 0 Å². The standard InChI is InChI=1S/C22H18N4O6/c27-22(13-17-7-1-3-10-20(17)26(30)31)24-23-14-18-8-2-4-11-21(18)32-15-16-6-5-9-19(12-16)25(28)29/h1-12,14H,13,15H2,(H,24,27)/b23-14+. The normalized spacial score (nSPS) is 10.6. The Labute approximate surface area is 182 Å². The Kier molecular flexibility index (Phi) is 7.20. The van der Waals surface area contributed by atoms with Crippen LogP contribution in [0.5, 0.6) is 5.75 Å². The molecule has 0 saturated carbocycles. The van der Waals surface area contributed by atoms with E-state index in [1.165, 1.54) is 36.5 Å². The van der Waals surface area contributed by atoms with Crippen LogP contribution in [-0.2, 0) is 17.8 Å². The first-order chi connectivity index (χ1) is 15.4. The molecule has 1 N–H and O–H groups in total. The van der Waals surface area contributed by atoms with Crippen molar-refractivity contribution in [2.45, 2.75) is 13.0 Å². The van der Waals surface area contributed by atoms with Gasteiger partial charge in [-0.2, -0.15) is 5.10 Å². The predicted octanol–water partition coefficient (Wildman–Crippen LogP) is 3.77. The fourth-order valence-corrected chi connectivity index (χ4v) is 2.86. The molecular weight excluding hydrogens is 416 g/mol. The van der Waals surface area contributed by atoms with Crippen molar-refractivity contribution in [1.29, 1.82) is 0 Å². The zero-order valence-electron chi connectivity index (χ0n) is 16.7. The lowest BCUT2D eigenvalue weighted by Crippen LogP contribution is -2.20. The van der Waals surface area contributed by atoms with Gasteiger partial charge in [-0.05, 0) is 17.7 Å². The zero-order valence-corrected chi connectivity index (χ0v) is 16.7. The van der Waals surface area contributed by atoms with E-state index in [4.69, 9.17) is 4.74 Å². The van der Waals surface area contributed by atoms with Gasteiger partial charge in [0.1, 0.15) is 12.4 Å². The third-order valence-corrected chi connectivity index (χ3v) is 4.37. The van der Waals surface area contributed by atoms with Crippen LogP contribution in [0, 0.1) is 20.2 Å². The number of hydrazone groups is 1. The predicted molar refractivity (Wildman–Crippen MR) is 116 cm³/mol. The van der Waals surface area contributed by atoms with Crippen molar-refractivity contribution < 1.29 is 19.4 Å². The van der Waals surface area contributed by atoms with Crippen LogP contribution in [-0.4, -0.2) is 22.0 Å². The second kappa shape index (κ2) is 10.4. The Bertz CT molecular complexity index is 1180. The van der Waals surface area contributed by atoms with Gasteiger partial charge < -0.3 is 4.74 Å². The van der Waals surface area contributed by atoms with Crippen molar-refractivity contribution >= 4 is 23.5 Å². The monoisotopic (exact) mass is 434 g/mol. The minimum absolute atomic E-state index is 0.0256. The molecule has 0 aliphatic heterocycles. The minimum Gasteiger partial charge on any atom is -0.488 e. The molecule has 0 fully saturated rings. The Hall–Kier alpha value is -4.60. The molecule has 0 radical (unpaired) electrons. The number of nitro benzene ring substituents is 2. The first kappa shape index (κ1) is 22.1. The molecule has 0 saturated heterocycles. The van der Waals surface area contributed by atoms with Gasteiger partial charge >= 0.3 is 0 Å². The number of benzene rings is 3. The smallest absolute Gasteiger partial charge is 0.273 e. The van der Waals surface area contributed by atoms with Crippen molar-refractivity contribution in [2.24, 2.45) is 5.10 Å². The zero-order chi connectivity index (χ0) is 22.9. The highest BCUT2D eigenvalue weighted by Crippen LogP contribution is 2.20. The summed E-state index contributed by atoms with van der Waals surface area (Å²) in [6.07, 6.45) is 1.19. The lowest BCUT2D eigenvalue weighted by atomic mass is 10.1. The lowest BCUT2D eigenvalue weighted by Gasteiger charge is -2.09. The number of nitrogens with zero attached hydrogens (tertiary/aromatic N) is 3. The van der Waals surface area contributed by atoms with Crippen LogP contribution in [0.1, 0.15) is 16.7 Å². The number of nitrogens with one attached hydrogen (secondary N) is 1. The van der Waals surface area contributed by atoms with Crippen LogP contribution in [0.25, 0.3) is 0 Å². The Morgan fingerprint density at radius 2 is 1.72 bits per heavy atom. The van der Waals surface area contributed by atoms with E-state index < -0.39 is 15.8 Å². The molecule has 10 nitrogen and oxygen atoms in total. The molecule has 0 bridgehead atoms. The van der Waals surface area contributed by atoms with Gasteiger partial charge in [0, 0.05) is 29.3 Å². The first-order valence-electron chi connectivity index (χ1n) is 9.43. The number of para-hydroxylation sites is 2. The van der Waals surface area contributed by atoms with Crippen LogP contribution < -0.4 is 10.2 Å². The molecule has 3 rings (SSSR count). The van der Waals surface area contributed by atoms with Gasteiger partial charge in [0.05, 0.1) is 22.5 Å². The van der Waals surface area contributed by atoms with Crippen LogP contribution in [0.15, 0.2) is 77.9 Å². The van der Waals surface area contributed by atoms with E-state index in [-0.39, 0.29) is 30.0 Å². The Morgan fingerprint density at radius 1 is 0.969 bits per heavy atom. The van der Waals surface area contributed by atoms with Crippen molar-refractivity contribution in [2.75, 3.05) is 0 Å². The molecule has 0 spiro atoms. The van der Waals surface area contributed by atoms with E-state index in [9.17, 15) is 25.0 Å². The van der Waals surface area contributed by atoms with Gasteiger partial charge in [-0.3, -0.25) is 25.0 Å². The largest absolute Gasteiger partial charge is 0.488 e. The SMILES string of the molecule is O=C(Cc1ccccc1[N+](=O)[O-])N/N=C/c1ccccc1OCc1cccc([N+](=O)[O-])c1. The molecule has 10 heteroatoms. The number of non-ortho nitro benzene ring substituents is 1. The Balaban J connectivity index is 1.62. The maximum atomic E-state index is 12.1. The van der Waals surface area contributed by atoms with Crippen LogP contribution in [0.3, 0.4) is 0 Å². The summed E-state index contributed by atoms with van der Waals surface area (Å²) in [6, 6.07) is 19.1. The van der Waals surface area contributed by atoms with Crippen molar-refractivity contribution in [1.82, 2.24) is 5.43 Å². The molecule has 3 aromatic rings. The van der Waals surface area contributed by atoms with E-state index >= 15 is 0 Å². The van der Waals surface area contributed by atoms with Gasteiger partial charge in [0.15, 0.2) is 0 Å². The van der Waals surface area contributed by atoms with Gasteiger partial charge in [0.25, 0.3) is 11.4 Å². The minimum atomic E-state index is -0.541. The number of rotatable bonds is 9. The molecule has 1 amide bonds. The van der Waals surface area contributed by atoms with E-state index in [0.29, 0.717) is 16.9 Å². The number of hydrogen-bond donors (Lipinski definition) is 1. The number of amides is 1. The average Bonchev–Trinajstić information content (AvgIpc) is 2.79. The molecule has 0 aliphatic carbocycles. The van der Waals surface area contributed by atoms with Crippen molar-refractivity contribution in [3.05, 3.63) is 110 Å². The maximum absolute atomic E-state index is 12.1. The quantitative estimate of drug-likeness (QED) is 0.309. The van der Waals surface area contributed by atoms with Gasteiger partial charge in [-0.15, -0.1) is 0 Å². The van der Waals surface area contributed by atoms with Crippen molar-refractivity contribution in [3.8, 4) is 5.75 Å².